The third-order valence-electron chi connectivity index (χ3n) is 4.49. The summed E-state index contributed by atoms with van der Waals surface area (Å²) < 4.78 is 0. The molecule has 1 amide bonds. The molecule has 24 heavy (non-hydrogen) atoms. The summed E-state index contributed by atoms with van der Waals surface area (Å²) >= 11 is 0. The summed E-state index contributed by atoms with van der Waals surface area (Å²) in [6.07, 6.45) is 5.77. The molecule has 0 saturated heterocycles. The number of aromatic nitrogens is 2. The molecule has 1 heterocycles. The molecule has 0 unspecified atom stereocenters. The maximum atomic E-state index is 12.2. The van der Waals surface area contributed by atoms with Crippen LogP contribution in [0.2, 0.25) is 0 Å². The maximum Gasteiger partial charge on any atom is 0.272 e. The van der Waals surface area contributed by atoms with Gasteiger partial charge in [-0.25, -0.2) is 0 Å². The molecule has 1 aliphatic rings. The second-order valence-electron chi connectivity index (χ2n) is 6.56. The van der Waals surface area contributed by atoms with Gasteiger partial charge in [0.1, 0.15) is 0 Å². The Morgan fingerprint density at radius 3 is 2.54 bits per heavy atom. The average Bonchev–Trinajstić information content (AvgIpc) is 2.60. The molecule has 0 spiro atoms. The van der Waals surface area contributed by atoms with Crippen LogP contribution < -0.4 is 10.6 Å². The lowest BCUT2D eigenvalue weighted by molar-refractivity contribution is 0.0921. The van der Waals surface area contributed by atoms with Crippen molar-refractivity contribution in [2.75, 3.05) is 5.32 Å². The van der Waals surface area contributed by atoms with Crippen molar-refractivity contribution in [2.24, 2.45) is 0 Å². The third kappa shape index (κ3) is 4.10. The highest BCUT2D eigenvalue weighted by Gasteiger charge is 2.17. The van der Waals surface area contributed by atoms with Crippen molar-refractivity contribution in [3.05, 3.63) is 47.2 Å². The number of amides is 1. The Morgan fingerprint density at radius 2 is 1.83 bits per heavy atom. The van der Waals surface area contributed by atoms with E-state index >= 15 is 0 Å². The summed E-state index contributed by atoms with van der Waals surface area (Å²) in [5.74, 6) is 0.505. The van der Waals surface area contributed by atoms with E-state index in [4.69, 9.17) is 0 Å². The molecule has 0 atom stereocenters. The Kier molecular flexibility index (Phi) is 5.08. The van der Waals surface area contributed by atoms with Crippen molar-refractivity contribution < 1.29 is 4.79 Å². The van der Waals surface area contributed by atoms with Crippen molar-refractivity contribution in [1.29, 1.82) is 0 Å². The number of rotatable bonds is 4. The molecule has 2 aromatic rings. The summed E-state index contributed by atoms with van der Waals surface area (Å²) in [5, 5.41) is 14.5. The Bertz CT molecular complexity index is 706. The molecule has 0 aliphatic heterocycles. The summed E-state index contributed by atoms with van der Waals surface area (Å²) in [6, 6.07) is 10.0. The minimum absolute atomic E-state index is 0.132. The summed E-state index contributed by atoms with van der Waals surface area (Å²) in [6.45, 7) is 4.09. The van der Waals surface area contributed by atoms with Crippen molar-refractivity contribution in [3.63, 3.8) is 0 Å². The van der Waals surface area contributed by atoms with E-state index in [9.17, 15) is 4.79 Å². The number of carbonyl (C=O) groups is 1. The fourth-order valence-electron chi connectivity index (χ4n) is 3.03. The molecule has 0 radical (unpaired) electrons. The first-order valence-electron chi connectivity index (χ1n) is 8.61. The number of benzene rings is 1. The van der Waals surface area contributed by atoms with E-state index in [1.165, 1.54) is 24.8 Å². The lowest BCUT2D eigenvalue weighted by atomic mass is 9.95. The number of nitrogens with zero attached hydrogens (tertiary/aromatic N) is 2. The van der Waals surface area contributed by atoms with E-state index in [1.807, 2.05) is 6.92 Å². The van der Waals surface area contributed by atoms with Gasteiger partial charge in [0.25, 0.3) is 5.91 Å². The van der Waals surface area contributed by atoms with Crippen molar-refractivity contribution in [2.45, 2.75) is 52.0 Å². The number of hydrogen-bond donors (Lipinski definition) is 2. The first-order valence-corrected chi connectivity index (χ1v) is 8.61. The van der Waals surface area contributed by atoms with Crippen LogP contribution in [0, 0.1) is 13.8 Å². The molecule has 1 aromatic heterocycles. The zero-order chi connectivity index (χ0) is 16.9. The van der Waals surface area contributed by atoms with Crippen LogP contribution in [0.5, 0.6) is 0 Å². The highest BCUT2D eigenvalue weighted by atomic mass is 16.2. The number of anilines is 2. The fourth-order valence-corrected chi connectivity index (χ4v) is 3.03. The second-order valence-corrected chi connectivity index (χ2v) is 6.56. The zero-order valence-electron chi connectivity index (χ0n) is 14.3. The summed E-state index contributed by atoms with van der Waals surface area (Å²) in [4.78, 5) is 12.2. The standard InChI is InChI=1S/C19H24N4O/c1-13-8-9-14(2)17(12-13)21-18-11-10-16(22-23-18)19(24)20-15-6-4-3-5-7-15/h8-12,15H,3-7H2,1-2H3,(H,20,24)(H,21,23). The van der Waals surface area contributed by atoms with Gasteiger partial charge in [-0.2, -0.15) is 0 Å². The second kappa shape index (κ2) is 7.43. The Morgan fingerprint density at radius 1 is 1.04 bits per heavy atom. The predicted octanol–water partition coefficient (Wildman–Crippen LogP) is 3.90. The lowest BCUT2D eigenvalue weighted by Crippen LogP contribution is -2.36. The van der Waals surface area contributed by atoms with E-state index in [2.05, 4.69) is 46.0 Å². The number of aryl methyl sites for hydroxylation is 2. The maximum absolute atomic E-state index is 12.2. The molecule has 1 fully saturated rings. The van der Waals surface area contributed by atoms with E-state index in [1.54, 1.807) is 12.1 Å². The fraction of sp³-hybridized carbons (Fsp3) is 0.421. The first-order chi connectivity index (χ1) is 11.6. The average molecular weight is 324 g/mol. The first kappa shape index (κ1) is 16.4. The largest absolute Gasteiger partial charge is 0.348 e. The monoisotopic (exact) mass is 324 g/mol. The quantitative estimate of drug-likeness (QED) is 0.895. The topological polar surface area (TPSA) is 66.9 Å². The Balaban J connectivity index is 1.64. The van der Waals surface area contributed by atoms with E-state index in [-0.39, 0.29) is 11.9 Å². The van der Waals surface area contributed by atoms with Gasteiger partial charge in [-0.1, -0.05) is 31.4 Å². The van der Waals surface area contributed by atoms with Gasteiger partial charge in [0.2, 0.25) is 0 Å². The van der Waals surface area contributed by atoms with Gasteiger partial charge in [-0.05, 0) is 56.0 Å². The molecule has 1 aromatic carbocycles. The minimum Gasteiger partial charge on any atom is -0.348 e. The smallest absolute Gasteiger partial charge is 0.272 e. The zero-order valence-corrected chi connectivity index (χ0v) is 14.3. The molecule has 5 heteroatoms. The van der Waals surface area contributed by atoms with E-state index < -0.39 is 0 Å². The number of carbonyl (C=O) groups excluding carboxylic acids is 1. The molecule has 3 rings (SSSR count). The molecule has 0 bridgehead atoms. The van der Waals surface area contributed by atoms with Crippen molar-refractivity contribution >= 4 is 17.4 Å². The van der Waals surface area contributed by atoms with E-state index in [0.717, 1.165) is 24.1 Å². The van der Waals surface area contributed by atoms with Crippen LogP contribution in [0.15, 0.2) is 30.3 Å². The van der Waals surface area contributed by atoms with E-state index in [0.29, 0.717) is 11.5 Å². The van der Waals surface area contributed by atoms with Crippen LogP contribution in [0.4, 0.5) is 11.5 Å². The van der Waals surface area contributed by atoms with Gasteiger partial charge in [-0.15, -0.1) is 10.2 Å². The number of hydrogen-bond acceptors (Lipinski definition) is 4. The van der Waals surface area contributed by atoms with Crippen LogP contribution in [0.3, 0.4) is 0 Å². The highest BCUT2D eigenvalue weighted by molar-refractivity contribution is 5.92. The van der Waals surface area contributed by atoms with Crippen LogP contribution in [-0.4, -0.2) is 22.1 Å². The highest BCUT2D eigenvalue weighted by Crippen LogP contribution is 2.20. The summed E-state index contributed by atoms with van der Waals surface area (Å²) in [7, 11) is 0. The van der Waals surface area contributed by atoms with Crippen LogP contribution in [0.25, 0.3) is 0 Å². The normalized spacial score (nSPS) is 15.1. The van der Waals surface area contributed by atoms with Crippen LogP contribution in [0.1, 0.15) is 53.7 Å². The van der Waals surface area contributed by atoms with Crippen molar-refractivity contribution in [3.8, 4) is 0 Å². The number of nitrogens with one attached hydrogen (secondary N) is 2. The van der Waals surface area contributed by atoms with Gasteiger partial charge in [0, 0.05) is 11.7 Å². The molecule has 5 nitrogen and oxygen atoms in total. The van der Waals surface area contributed by atoms with Crippen LogP contribution in [-0.2, 0) is 0 Å². The molecular weight excluding hydrogens is 300 g/mol. The molecule has 1 saturated carbocycles. The van der Waals surface area contributed by atoms with Gasteiger partial charge in [0.05, 0.1) is 0 Å². The lowest BCUT2D eigenvalue weighted by Gasteiger charge is -2.22. The molecular formula is C19H24N4O. The van der Waals surface area contributed by atoms with Crippen molar-refractivity contribution in [1.82, 2.24) is 15.5 Å². The predicted molar refractivity (Wildman–Crippen MR) is 95.6 cm³/mol. The van der Waals surface area contributed by atoms with Gasteiger partial charge in [-0.3, -0.25) is 4.79 Å². The summed E-state index contributed by atoms with van der Waals surface area (Å²) in [5.41, 5.74) is 3.69. The van der Waals surface area contributed by atoms with Gasteiger partial charge < -0.3 is 10.6 Å². The Labute approximate surface area is 142 Å². The Hall–Kier alpha value is -2.43. The van der Waals surface area contributed by atoms with Gasteiger partial charge in [0.15, 0.2) is 11.5 Å². The van der Waals surface area contributed by atoms with Crippen LogP contribution >= 0.6 is 0 Å². The minimum atomic E-state index is -0.132. The molecule has 2 N–H and O–H groups in total. The third-order valence-corrected chi connectivity index (χ3v) is 4.49. The molecule has 1 aliphatic carbocycles. The molecule has 126 valence electrons. The SMILES string of the molecule is Cc1ccc(C)c(Nc2ccc(C(=O)NC3CCCCC3)nn2)c1. The van der Waals surface area contributed by atoms with Gasteiger partial charge >= 0.3 is 0 Å².